The summed E-state index contributed by atoms with van der Waals surface area (Å²) in [5.74, 6) is 0.532. The zero-order valence-corrected chi connectivity index (χ0v) is 20.9. The Hall–Kier alpha value is -2.01. The fourth-order valence-electron chi connectivity index (χ4n) is 3.89. The van der Waals surface area contributed by atoms with Crippen molar-refractivity contribution in [3.8, 4) is 0 Å². The molecule has 0 radical (unpaired) electrons. The number of nitrogen functional groups attached to an aromatic ring is 1. The van der Waals surface area contributed by atoms with Gasteiger partial charge in [0.05, 0.1) is 17.7 Å². The van der Waals surface area contributed by atoms with Crippen LogP contribution in [0.5, 0.6) is 0 Å². The topological polar surface area (TPSA) is 55.6 Å². The minimum atomic E-state index is -0.407. The molecule has 166 valence electrons. The van der Waals surface area contributed by atoms with Crippen molar-refractivity contribution in [3.05, 3.63) is 39.8 Å². The first-order chi connectivity index (χ1) is 13.9. The number of carbonyl (C=O) groups is 1. The molecule has 2 N–H and O–H groups in total. The Balaban J connectivity index is 2.68. The summed E-state index contributed by atoms with van der Waals surface area (Å²) in [5.41, 5.74) is 11.0. The summed E-state index contributed by atoms with van der Waals surface area (Å²) in [6.07, 6.45) is 1.09. The summed E-state index contributed by atoms with van der Waals surface area (Å²) in [6.45, 7) is 19.1. The molecule has 30 heavy (non-hydrogen) atoms. The van der Waals surface area contributed by atoms with E-state index in [0.29, 0.717) is 23.1 Å². The number of methoxy groups -OCH3 is 1. The lowest BCUT2D eigenvalue weighted by molar-refractivity contribution is 0.0602. The monoisotopic (exact) mass is 430 g/mol. The first-order valence-corrected chi connectivity index (χ1v) is 11.6. The number of rotatable bonds is 8. The number of benzene rings is 1. The van der Waals surface area contributed by atoms with E-state index in [4.69, 9.17) is 10.5 Å². The summed E-state index contributed by atoms with van der Waals surface area (Å²) < 4.78 is 4.85. The van der Waals surface area contributed by atoms with Crippen LogP contribution in [0.1, 0.15) is 87.2 Å². The van der Waals surface area contributed by atoms with Crippen LogP contribution in [0.25, 0.3) is 0 Å². The van der Waals surface area contributed by atoms with E-state index in [1.54, 1.807) is 6.07 Å². The number of carbonyl (C=O) groups excluding carboxylic acids is 1. The molecule has 0 bridgehead atoms. The third-order valence-electron chi connectivity index (χ3n) is 5.78. The van der Waals surface area contributed by atoms with Gasteiger partial charge in [-0.15, -0.1) is 11.3 Å². The second-order valence-corrected chi connectivity index (χ2v) is 10.5. The fourth-order valence-corrected chi connectivity index (χ4v) is 5.41. The van der Waals surface area contributed by atoms with Crippen LogP contribution < -0.4 is 10.6 Å². The lowest BCUT2D eigenvalue weighted by Gasteiger charge is -2.29. The molecule has 0 aliphatic rings. The van der Waals surface area contributed by atoms with Gasteiger partial charge in [0.15, 0.2) is 0 Å². The number of hydrogen-bond donors (Lipinski definition) is 1. The number of nitrogens with zero attached hydrogens (tertiary/aromatic N) is 1. The third kappa shape index (κ3) is 4.83. The zero-order valence-electron chi connectivity index (χ0n) is 20.1. The Morgan fingerprint density at radius 3 is 2.33 bits per heavy atom. The standard InChI is InChI=1S/C25H38N2O2S/c1-10-25(7,8)21-17(6)23(30-22(21)16(4)5)27(14-15(2)3)18-11-12-19(20(26)13-18)24(28)29-9/h11-13,15-16H,10,14,26H2,1-9H3. The highest BCUT2D eigenvalue weighted by molar-refractivity contribution is 7.16. The number of hydrogen-bond acceptors (Lipinski definition) is 5. The summed E-state index contributed by atoms with van der Waals surface area (Å²) in [4.78, 5) is 15.8. The molecule has 0 saturated heterocycles. The Morgan fingerprint density at radius 1 is 1.23 bits per heavy atom. The van der Waals surface area contributed by atoms with E-state index in [9.17, 15) is 4.79 Å². The van der Waals surface area contributed by atoms with Crippen molar-refractivity contribution < 1.29 is 9.53 Å². The van der Waals surface area contributed by atoms with Crippen molar-refractivity contribution in [2.75, 3.05) is 24.3 Å². The van der Waals surface area contributed by atoms with Gasteiger partial charge in [-0.2, -0.15) is 0 Å². The molecule has 0 atom stereocenters. The number of ether oxygens (including phenoxy) is 1. The third-order valence-corrected chi connectivity index (χ3v) is 7.39. The molecule has 1 aromatic heterocycles. The quantitative estimate of drug-likeness (QED) is 0.361. The van der Waals surface area contributed by atoms with Crippen molar-refractivity contribution >= 4 is 33.7 Å². The van der Waals surface area contributed by atoms with Gasteiger partial charge in [-0.3, -0.25) is 0 Å². The first kappa shape index (κ1) is 24.3. The second-order valence-electron chi connectivity index (χ2n) is 9.43. The number of esters is 1. The lowest BCUT2D eigenvalue weighted by Crippen LogP contribution is -2.23. The average molecular weight is 431 g/mol. The molecule has 1 aromatic carbocycles. The van der Waals surface area contributed by atoms with Crippen LogP contribution >= 0.6 is 11.3 Å². The molecule has 0 aliphatic heterocycles. The molecule has 2 rings (SSSR count). The van der Waals surface area contributed by atoms with E-state index in [1.165, 1.54) is 28.1 Å². The van der Waals surface area contributed by atoms with E-state index >= 15 is 0 Å². The SMILES string of the molecule is CCC(C)(C)c1c(C(C)C)sc(N(CC(C)C)c2ccc(C(=O)OC)c(N)c2)c1C. The zero-order chi connectivity index (χ0) is 22.8. The highest BCUT2D eigenvalue weighted by Gasteiger charge is 2.31. The van der Waals surface area contributed by atoms with Gasteiger partial charge in [-0.05, 0) is 59.9 Å². The molecule has 0 amide bonds. The summed E-state index contributed by atoms with van der Waals surface area (Å²) >= 11 is 1.90. The molecule has 0 fully saturated rings. The maximum absolute atomic E-state index is 12.0. The van der Waals surface area contributed by atoms with Gasteiger partial charge in [-0.25, -0.2) is 4.79 Å². The maximum Gasteiger partial charge on any atom is 0.339 e. The van der Waals surface area contributed by atoms with E-state index < -0.39 is 5.97 Å². The molecular formula is C25H38N2O2S. The number of thiophene rings is 1. The van der Waals surface area contributed by atoms with E-state index in [-0.39, 0.29) is 5.41 Å². The Bertz CT molecular complexity index is 897. The minimum absolute atomic E-state index is 0.121. The normalized spacial score (nSPS) is 12.0. The molecule has 0 spiro atoms. The lowest BCUT2D eigenvalue weighted by atomic mass is 9.79. The Kier molecular flexibility index (Phi) is 7.62. The molecule has 0 saturated carbocycles. The van der Waals surface area contributed by atoms with Crippen LogP contribution in [0.15, 0.2) is 18.2 Å². The predicted octanol–water partition coefficient (Wildman–Crippen LogP) is 7.03. The average Bonchev–Trinajstić information content (AvgIpc) is 3.03. The highest BCUT2D eigenvalue weighted by Crippen LogP contribution is 2.48. The highest BCUT2D eigenvalue weighted by atomic mass is 32.1. The van der Waals surface area contributed by atoms with Crippen molar-refractivity contribution in [1.82, 2.24) is 0 Å². The van der Waals surface area contributed by atoms with Crippen LogP contribution in [0, 0.1) is 12.8 Å². The van der Waals surface area contributed by atoms with Crippen LogP contribution in [0.2, 0.25) is 0 Å². The molecule has 5 heteroatoms. The van der Waals surface area contributed by atoms with Crippen molar-refractivity contribution in [1.29, 1.82) is 0 Å². The smallest absolute Gasteiger partial charge is 0.339 e. The molecular weight excluding hydrogens is 392 g/mol. The van der Waals surface area contributed by atoms with E-state index in [2.05, 4.69) is 60.3 Å². The van der Waals surface area contributed by atoms with Crippen LogP contribution in [-0.4, -0.2) is 19.6 Å². The van der Waals surface area contributed by atoms with Gasteiger partial charge in [0.25, 0.3) is 0 Å². The summed E-state index contributed by atoms with van der Waals surface area (Å²) in [5, 5.41) is 1.27. The Morgan fingerprint density at radius 2 is 1.87 bits per heavy atom. The van der Waals surface area contributed by atoms with Crippen LogP contribution in [0.3, 0.4) is 0 Å². The van der Waals surface area contributed by atoms with Gasteiger partial charge in [0.2, 0.25) is 0 Å². The molecule has 0 aliphatic carbocycles. The first-order valence-electron chi connectivity index (χ1n) is 10.8. The van der Waals surface area contributed by atoms with E-state index in [1.807, 2.05) is 23.5 Å². The van der Waals surface area contributed by atoms with Gasteiger partial charge < -0.3 is 15.4 Å². The summed E-state index contributed by atoms with van der Waals surface area (Å²) in [6, 6.07) is 5.64. The molecule has 2 aromatic rings. The number of anilines is 3. The minimum Gasteiger partial charge on any atom is -0.465 e. The number of nitrogens with two attached hydrogens (primary N) is 1. The maximum atomic E-state index is 12.0. The van der Waals surface area contributed by atoms with Gasteiger partial charge in [0, 0.05) is 22.8 Å². The van der Waals surface area contributed by atoms with Gasteiger partial charge >= 0.3 is 5.97 Å². The van der Waals surface area contributed by atoms with Crippen LogP contribution in [0.4, 0.5) is 16.4 Å². The molecule has 0 unspecified atom stereocenters. The summed E-state index contributed by atoms with van der Waals surface area (Å²) in [7, 11) is 1.38. The van der Waals surface area contributed by atoms with Crippen LogP contribution in [-0.2, 0) is 10.2 Å². The van der Waals surface area contributed by atoms with Crippen molar-refractivity contribution in [3.63, 3.8) is 0 Å². The van der Waals surface area contributed by atoms with Gasteiger partial charge in [0.1, 0.15) is 0 Å². The molecule has 4 nitrogen and oxygen atoms in total. The van der Waals surface area contributed by atoms with Gasteiger partial charge in [-0.1, -0.05) is 48.5 Å². The largest absolute Gasteiger partial charge is 0.465 e. The Labute approximate surface area is 186 Å². The second kappa shape index (κ2) is 9.42. The van der Waals surface area contributed by atoms with E-state index in [0.717, 1.165) is 18.7 Å². The fraction of sp³-hybridized carbons (Fsp3) is 0.560. The predicted molar refractivity (Wildman–Crippen MR) is 130 cm³/mol. The molecule has 1 heterocycles. The van der Waals surface area contributed by atoms with Crippen molar-refractivity contribution in [2.45, 2.75) is 73.1 Å². The van der Waals surface area contributed by atoms with Crippen molar-refractivity contribution in [2.24, 2.45) is 5.92 Å².